The van der Waals surface area contributed by atoms with E-state index in [2.05, 4.69) is 34.2 Å². The van der Waals surface area contributed by atoms with Crippen LogP contribution in [0.5, 0.6) is 5.88 Å². The van der Waals surface area contributed by atoms with Crippen molar-refractivity contribution in [3.8, 4) is 17.1 Å². The summed E-state index contributed by atoms with van der Waals surface area (Å²) in [6, 6.07) is 8.14. The summed E-state index contributed by atoms with van der Waals surface area (Å²) >= 11 is 0. The second-order valence-corrected chi connectivity index (χ2v) is 9.87. The topological polar surface area (TPSA) is 47.9 Å². The van der Waals surface area contributed by atoms with Crippen molar-refractivity contribution in [1.82, 2.24) is 15.2 Å². The van der Waals surface area contributed by atoms with Crippen molar-refractivity contribution < 1.29 is 4.74 Å². The van der Waals surface area contributed by atoms with E-state index in [1.54, 1.807) is 0 Å². The van der Waals surface area contributed by atoms with Gasteiger partial charge in [-0.1, -0.05) is 96.8 Å². The molecule has 0 amide bonds. The van der Waals surface area contributed by atoms with E-state index >= 15 is 0 Å². The summed E-state index contributed by atoms with van der Waals surface area (Å²) in [6.45, 7) is 2.99. The summed E-state index contributed by atoms with van der Waals surface area (Å²) in [5, 5.41) is 8.87. The molecule has 1 aliphatic carbocycles. The zero-order chi connectivity index (χ0) is 23.0. The molecule has 2 heterocycles. The quantitative estimate of drug-likeness (QED) is 0.201. The third-order valence-corrected chi connectivity index (χ3v) is 6.74. The van der Waals surface area contributed by atoms with Crippen molar-refractivity contribution >= 4 is 0 Å². The molecule has 33 heavy (non-hydrogen) atoms. The maximum absolute atomic E-state index is 5.78. The number of aromatic nitrogens is 3. The van der Waals surface area contributed by atoms with E-state index in [0.717, 1.165) is 42.3 Å². The zero-order valence-electron chi connectivity index (χ0n) is 20.9. The summed E-state index contributed by atoms with van der Waals surface area (Å²) in [5.41, 5.74) is 2.96. The minimum atomic E-state index is 0.694. The summed E-state index contributed by atoms with van der Waals surface area (Å²) in [6.07, 6.45) is 24.5. The van der Waals surface area contributed by atoms with Crippen molar-refractivity contribution in [2.75, 3.05) is 6.61 Å². The SMILES string of the molecule is CCCCCCCCOc1ccc(-c2ccc(CCCCCCCCCC3CC3)nn2)cn1. The Kier molecular flexibility index (Phi) is 12.3. The highest BCUT2D eigenvalue weighted by atomic mass is 16.5. The first kappa shape index (κ1) is 25.6. The molecule has 0 atom stereocenters. The van der Waals surface area contributed by atoms with E-state index in [1.165, 1.54) is 96.3 Å². The maximum Gasteiger partial charge on any atom is 0.213 e. The van der Waals surface area contributed by atoms with Gasteiger partial charge in [-0.25, -0.2) is 4.98 Å². The van der Waals surface area contributed by atoms with Crippen molar-refractivity contribution in [3.63, 3.8) is 0 Å². The van der Waals surface area contributed by atoms with Gasteiger partial charge in [0.1, 0.15) is 0 Å². The number of nitrogens with zero attached hydrogens (tertiary/aromatic N) is 3. The summed E-state index contributed by atoms with van der Waals surface area (Å²) in [7, 11) is 0. The van der Waals surface area contributed by atoms with Crippen LogP contribution in [-0.4, -0.2) is 21.8 Å². The normalized spacial score (nSPS) is 13.4. The lowest BCUT2D eigenvalue weighted by molar-refractivity contribution is 0.293. The fourth-order valence-electron chi connectivity index (χ4n) is 4.35. The highest BCUT2D eigenvalue weighted by molar-refractivity contribution is 5.57. The Morgan fingerprint density at radius 1 is 0.758 bits per heavy atom. The Balaban J connectivity index is 1.25. The molecule has 1 fully saturated rings. The molecule has 0 radical (unpaired) electrons. The van der Waals surface area contributed by atoms with Crippen LogP contribution < -0.4 is 4.74 Å². The second kappa shape index (κ2) is 15.8. The van der Waals surface area contributed by atoms with Crippen LogP contribution in [-0.2, 0) is 6.42 Å². The fraction of sp³-hybridized carbons (Fsp3) is 0.690. The molecule has 0 aliphatic heterocycles. The van der Waals surface area contributed by atoms with Crippen LogP contribution in [0.3, 0.4) is 0 Å². The van der Waals surface area contributed by atoms with E-state index in [4.69, 9.17) is 4.74 Å². The Morgan fingerprint density at radius 2 is 1.48 bits per heavy atom. The summed E-state index contributed by atoms with van der Waals surface area (Å²) < 4.78 is 5.78. The average Bonchev–Trinajstić information content (AvgIpc) is 3.68. The Morgan fingerprint density at radius 3 is 2.15 bits per heavy atom. The molecule has 0 spiro atoms. The molecule has 2 aromatic heterocycles. The van der Waals surface area contributed by atoms with Gasteiger partial charge < -0.3 is 4.74 Å². The Labute approximate surface area is 202 Å². The molecule has 0 saturated heterocycles. The lowest BCUT2D eigenvalue weighted by Gasteiger charge is -2.06. The molecule has 2 aromatic rings. The molecule has 4 nitrogen and oxygen atoms in total. The predicted molar refractivity (Wildman–Crippen MR) is 137 cm³/mol. The molecular weight excluding hydrogens is 406 g/mol. The largest absolute Gasteiger partial charge is 0.478 e. The van der Waals surface area contributed by atoms with Crippen LogP contribution in [0.15, 0.2) is 30.5 Å². The first-order valence-electron chi connectivity index (χ1n) is 13.8. The molecule has 4 heteroatoms. The van der Waals surface area contributed by atoms with E-state index in [0.29, 0.717) is 5.88 Å². The van der Waals surface area contributed by atoms with Crippen LogP contribution in [0, 0.1) is 5.92 Å². The van der Waals surface area contributed by atoms with Gasteiger partial charge in [0, 0.05) is 17.8 Å². The van der Waals surface area contributed by atoms with Gasteiger partial charge in [-0.05, 0) is 43.4 Å². The van der Waals surface area contributed by atoms with Gasteiger partial charge >= 0.3 is 0 Å². The van der Waals surface area contributed by atoms with Crippen molar-refractivity contribution in [2.24, 2.45) is 5.92 Å². The van der Waals surface area contributed by atoms with Gasteiger partial charge in [0.15, 0.2) is 0 Å². The summed E-state index contributed by atoms with van der Waals surface area (Å²) in [5.74, 6) is 1.79. The van der Waals surface area contributed by atoms with Gasteiger partial charge in [-0.2, -0.15) is 10.2 Å². The lowest BCUT2D eigenvalue weighted by atomic mass is 10.1. The molecule has 182 valence electrons. The molecule has 1 aliphatic rings. The average molecular weight is 452 g/mol. The Bertz CT molecular complexity index is 740. The number of unbranched alkanes of at least 4 members (excludes halogenated alkanes) is 11. The van der Waals surface area contributed by atoms with Gasteiger partial charge in [-0.15, -0.1) is 0 Å². The standard InChI is InChI=1S/C29H45N3O/c1-2-3-4-5-11-14-23-33-29-22-19-26(24-30-29)28-21-20-27(31-32-28)16-13-10-8-6-7-9-12-15-25-17-18-25/h19-22,24-25H,2-18,23H2,1H3. The molecule has 0 bridgehead atoms. The smallest absolute Gasteiger partial charge is 0.213 e. The van der Waals surface area contributed by atoms with Crippen molar-refractivity contribution in [2.45, 2.75) is 116 Å². The lowest BCUT2D eigenvalue weighted by Crippen LogP contribution is -1.99. The minimum absolute atomic E-state index is 0.694. The number of pyridine rings is 1. The number of hydrogen-bond donors (Lipinski definition) is 0. The highest BCUT2D eigenvalue weighted by Crippen LogP contribution is 2.34. The fourth-order valence-corrected chi connectivity index (χ4v) is 4.35. The molecular formula is C29H45N3O. The van der Waals surface area contributed by atoms with Crippen LogP contribution in [0.1, 0.15) is 115 Å². The van der Waals surface area contributed by atoms with Gasteiger partial charge in [0.25, 0.3) is 0 Å². The van der Waals surface area contributed by atoms with Crippen LogP contribution in [0.2, 0.25) is 0 Å². The third-order valence-electron chi connectivity index (χ3n) is 6.74. The van der Waals surface area contributed by atoms with E-state index < -0.39 is 0 Å². The minimum Gasteiger partial charge on any atom is -0.478 e. The number of hydrogen-bond acceptors (Lipinski definition) is 4. The maximum atomic E-state index is 5.78. The molecule has 0 N–H and O–H groups in total. The van der Waals surface area contributed by atoms with Gasteiger partial charge in [0.2, 0.25) is 5.88 Å². The van der Waals surface area contributed by atoms with E-state index in [-0.39, 0.29) is 0 Å². The van der Waals surface area contributed by atoms with Gasteiger partial charge in [-0.3, -0.25) is 0 Å². The van der Waals surface area contributed by atoms with Crippen LogP contribution in [0.4, 0.5) is 0 Å². The zero-order valence-corrected chi connectivity index (χ0v) is 20.9. The predicted octanol–water partition coefficient (Wildman–Crippen LogP) is 8.35. The Hall–Kier alpha value is -1.97. The van der Waals surface area contributed by atoms with E-state index in [1.807, 2.05) is 18.3 Å². The van der Waals surface area contributed by atoms with E-state index in [9.17, 15) is 0 Å². The van der Waals surface area contributed by atoms with Gasteiger partial charge in [0.05, 0.1) is 18.0 Å². The summed E-state index contributed by atoms with van der Waals surface area (Å²) in [4.78, 5) is 4.44. The highest BCUT2D eigenvalue weighted by Gasteiger charge is 2.19. The molecule has 3 rings (SSSR count). The third kappa shape index (κ3) is 11.1. The van der Waals surface area contributed by atoms with Crippen molar-refractivity contribution in [1.29, 1.82) is 0 Å². The number of ether oxygens (including phenoxy) is 1. The second-order valence-electron chi connectivity index (χ2n) is 9.87. The molecule has 1 saturated carbocycles. The van der Waals surface area contributed by atoms with Crippen molar-refractivity contribution in [3.05, 3.63) is 36.2 Å². The first-order chi connectivity index (χ1) is 16.3. The monoisotopic (exact) mass is 451 g/mol. The van der Waals surface area contributed by atoms with Crippen LogP contribution >= 0.6 is 0 Å². The molecule has 0 aromatic carbocycles. The molecule has 0 unspecified atom stereocenters. The number of rotatable bonds is 19. The van der Waals surface area contributed by atoms with Crippen LogP contribution in [0.25, 0.3) is 11.3 Å². The first-order valence-corrected chi connectivity index (χ1v) is 13.8. The number of aryl methyl sites for hydroxylation is 1.